The molecule has 118 valence electrons. The summed E-state index contributed by atoms with van der Waals surface area (Å²) in [5, 5.41) is 13.4. The van der Waals surface area contributed by atoms with Crippen molar-refractivity contribution in [1.29, 1.82) is 5.26 Å². The molecule has 23 heavy (non-hydrogen) atoms. The summed E-state index contributed by atoms with van der Waals surface area (Å²) in [6, 6.07) is 13.0. The second kappa shape index (κ2) is 6.89. The Morgan fingerprint density at radius 2 is 1.91 bits per heavy atom. The highest BCUT2D eigenvalue weighted by Crippen LogP contribution is 2.20. The fraction of sp³-hybridized carbons (Fsp3) is 0.133. The van der Waals surface area contributed by atoms with E-state index in [-0.39, 0.29) is 11.5 Å². The zero-order valence-electron chi connectivity index (χ0n) is 12.1. The van der Waals surface area contributed by atoms with Crippen LogP contribution in [0.25, 0.3) is 10.8 Å². The first-order valence-electron chi connectivity index (χ1n) is 6.55. The monoisotopic (exact) mass is 332 g/mol. The van der Waals surface area contributed by atoms with Crippen molar-refractivity contribution in [3.63, 3.8) is 0 Å². The van der Waals surface area contributed by atoms with Gasteiger partial charge < -0.3 is 4.74 Å². The summed E-state index contributed by atoms with van der Waals surface area (Å²) in [6.07, 6.45) is 0. The third-order valence-electron chi connectivity index (χ3n) is 2.81. The summed E-state index contributed by atoms with van der Waals surface area (Å²) < 4.78 is 33.2. The zero-order valence-corrected chi connectivity index (χ0v) is 12.9. The van der Waals surface area contributed by atoms with Crippen molar-refractivity contribution < 1.29 is 22.2 Å². The predicted octanol–water partition coefficient (Wildman–Crippen LogP) is 1.99. The summed E-state index contributed by atoms with van der Waals surface area (Å²) in [7, 11) is -4.25. The standard InChI is InChI=1S/C15H12N2O5S/c1-2-21-15(18)14(10-16)17-22-23(19,20)13-8-7-11-5-3-4-6-12(11)9-13/h3-9H,2H2,1H3. The van der Waals surface area contributed by atoms with Crippen LogP contribution in [0, 0.1) is 11.3 Å². The first-order valence-corrected chi connectivity index (χ1v) is 7.96. The van der Waals surface area contributed by atoms with E-state index in [9.17, 15) is 13.2 Å². The Balaban J connectivity index is 2.30. The molecule has 0 radical (unpaired) electrons. The van der Waals surface area contributed by atoms with Crippen molar-refractivity contribution in [3.8, 4) is 6.07 Å². The maximum absolute atomic E-state index is 12.1. The maximum Gasteiger partial charge on any atom is 0.371 e. The van der Waals surface area contributed by atoms with E-state index in [4.69, 9.17) is 5.26 Å². The van der Waals surface area contributed by atoms with Crippen LogP contribution in [-0.4, -0.2) is 26.7 Å². The van der Waals surface area contributed by atoms with Crippen LogP contribution in [0.5, 0.6) is 0 Å². The van der Waals surface area contributed by atoms with Crippen molar-refractivity contribution in [2.45, 2.75) is 11.8 Å². The fourth-order valence-electron chi connectivity index (χ4n) is 1.76. The lowest BCUT2D eigenvalue weighted by molar-refractivity contribution is -0.135. The van der Waals surface area contributed by atoms with E-state index < -0.39 is 21.8 Å². The number of nitrogens with zero attached hydrogens (tertiary/aromatic N) is 2. The SMILES string of the molecule is CCOC(=O)C(C#N)=NOS(=O)(=O)c1ccc2ccccc2c1. The van der Waals surface area contributed by atoms with Gasteiger partial charge in [0.1, 0.15) is 11.0 Å². The molecule has 0 saturated carbocycles. The first kappa shape index (κ1) is 16.5. The number of esters is 1. The van der Waals surface area contributed by atoms with Gasteiger partial charge in [-0.3, -0.25) is 4.28 Å². The van der Waals surface area contributed by atoms with Gasteiger partial charge in [0.25, 0.3) is 5.71 Å². The third-order valence-corrected chi connectivity index (χ3v) is 3.91. The number of carbonyl (C=O) groups excluding carboxylic acids is 1. The highest BCUT2D eigenvalue weighted by molar-refractivity contribution is 7.86. The van der Waals surface area contributed by atoms with Gasteiger partial charge in [0.05, 0.1) is 6.61 Å². The minimum Gasteiger partial charge on any atom is -0.461 e. The molecular weight excluding hydrogens is 320 g/mol. The average Bonchev–Trinajstić information content (AvgIpc) is 2.55. The number of carbonyl (C=O) groups is 1. The van der Waals surface area contributed by atoms with Crippen LogP contribution in [0.1, 0.15) is 6.92 Å². The van der Waals surface area contributed by atoms with E-state index in [2.05, 4.69) is 14.2 Å². The van der Waals surface area contributed by atoms with Gasteiger partial charge in [-0.25, -0.2) is 4.79 Å². The summed E-state index contributed by atoms with van der Waals surface area (Å²) in [6.45, 7) is 1.57. The van der Waals surface area contributed by atoms with Crippen LogP contribution in [0.2, 0.25) is 0 Å². The number of rotatable bonds is 5. The maximum atomic E-state index is 12.1. The van der Waals surface area contributed by atoms with E-state index in [1.165, 1.54) is 18.2 Å². The Labute approximate surface area is 132 Å². The van der Waals surface area contributed by atoms with E-state index in [0.717, 1.165) is 5.39 Å². The Hall–Kier alpha value is -2.92. The number of hydrogen-bond acceptors (Lipinski definition) is 7. The Morgan fingerprint density at radius 1 is 1.22 bits per heavy atom. The lowest BCUT2D eigenvalue weighted by Gasteiger charge is -2.04. The minimum atomic E-state index is -4.25. The number of hydrogen-bond donors (Lipinski definition) is 0. The molecule has 0 heterocycles. The van der Waals surface area contributed by atoms with Gasteiger partial charge in [-0.15, -0.1) is 0 Å². The second-order valence-electron chi connectivity index (χ2n) is 4.31. The molecule has 0 bridgehead atoms. The third kappa shape index (κ3) is 3.84. The van der Waals surface area contributed by atoms with Crippen LogP contribution in [0.3, 0.4) is 0 Å². The smallest absolute Gasteiger partial charge is 0.371 e. The predicted molar refractivity (Wildman–Crippen MR) is 81.9 cm³/mol. The highest BCUT2D eigenvalue weighted by Gasteiger charge is 2.19. The van der Waals surface area contributed by atoms with E-state index >= 15 is 0 Å². The van der Waals surface area contributed by atoms with E-state index in [1.807, 2.05) is 12.1 Å². The Morgan fingerprint density at radius 3 is 2.57 bits per heavy atom. The van der Waals surface area contributed by atoms with E-state index in [0.29, 0.717) is 5.39 Å². The molecule has 0 fully saturated rings. The molecule has 2 rings (SSSR count). The molecule has 2 aromatic carbocycles. The van der Waals surface area contributed by atoms with Crippen LogP contribution in [0.4, 0.5) is 0 Å². The Kier molecular flexibility index (Phi) is 4.93. The largest absolute Gasteiger partial charge is 0.461 e. The minimum absolute atomic E-state index is 0.0248. The summed E-state index contributed by atoms with van der Waals surface area (Å²) in [5.41, 5.74) is -0.781. The summed E-state index contributed by atoms with van der Waals surface area (Å²) in [5.74, 6) is -1.05. The molecule has 0 aliphatic carbocycles. The molecule has 0 aliphatic heterocycles. The molecule has 0 N–H and O–H groups in total. The number of benzene rings is 2. The van der Waals surface area contributed by atoms with Gasteiger partial charge in [0.2, 0.25) is 0 Å². The first-order chi connectivity index (χ1) is 11.0. The summed E-state index contributed by atoms with van der Waals surface area (Å²) in [4.78, 5) is 11.2. The van der Waals surface area contributed by atoms with Gasteiger partial charge in [0, 0.05) is 0 Å². The molecule has 0 unspecified atom stereocenters. The number of ether oxygens (including phenoxy) is 1. The van der Waals surface area contributed by atoms with Gasteiger partial charge in [-0.05, 0) is 35.0 Å². The van der Waals surface area contributed by atoms with Crippen LogP contribution in [-0.2, 0) is 23.9 Å². The van der Waals surface area contributed by atoms with Crippen LogP contribution >= 0.6 is 0 Å². The quantitative estimate of drug-likeness (QED) is 0.471. The van der Waals surface area contributed by atoms with Crippen molar-refractivity contribution in [2.75, 3.05) is 6.61 Å². The zero-order chi connectivity index (χ0) is 16.9. The lowest BCUT2D eigenvalue weighted by atomic mass is 10.1. The fourth-order valence-corrected chi connectivity index (χ4v) is 2.52. The van der Waals surface area contributed by atoms with Crippen LogP contribution in [0.15, 0.2) is 52.5 Å². The molecule has 0 spiro atoms. The molecule has 0 aromatic heterocycles. The van der Waals surface area contributed by atoms with Gasteiger partial charge in [0.15, 0.2) is 0 Å². The number of fused-ring (bicyclic) bond motifs is 1. The van der Waals surface area contributed by atoms with Crippen molar-refractivity contribution >= 4 is 32.6 Å². The molecule has 2 aromatic rings. The van der Waals surface area contributed by atoms with Gasteiger partial charge >= 0.3 is 16.1 Å². The number of oxime groups is 1. The molecule has 8 heteroatoms. The molecular formula is C15H12N2O5S. The average molecular weight is 332 g/mol. The van der Waals surface area contributed by atoms with Crippen molar-refractivity contribution in [3.05, 3.63) is 42.5 Å². The Bertz CT molecular complexity index is 913. The van der Waals surface area contributed by atoms with Crippen molar-refractivity contribution in [1.82, 2.24) is 0 Å². The lowest BCUT2D eigenvalue weighted by Crippen LogP contribution is -2.17. The normalized spacial score (nSPS) is 11.7. The topological polar surface area (TPSA) is 106 Å². The number of nitriles is 1. The molecule has 0 amide bonds. The molecule has 7 nitrogen and oxygen atoms in total. The van der Waals surface area contributed by atoms with Crippen molar-refractivity contribution in [2.24, 2.45) is 5.16 Å². The molecule has 0 aliphatic rings. The molecule has 0 saturated heterocycles. The molecule has 0 atom stereocenters. The van der Waals surface area contributed by atoms with E-state index in [1.54, 1.807) is 25.1 Å². The highest BCUT2D eigenvalue weighted by atomic mass is 32.2. The van der Waals surface area contributed by atoms with Gasteiger partial charge in [-0.1, -0.05) is 30.3 Å². The van der Waals surface area contributed by atoms with Crippen LogP contribution < -0.4 is 0 Å². The second-order valence-corrected chi connectivity index (χ2v) is 5.84. The summed E-state index contributed by atoms with van der Waals surface area (Å²) >= 11 is 0. The van der Waals surface area contributed by atoms with Gasteiger partial charge in [-0.2, -0.15) is 13.7 Å².